The molecule has 0 saturated heterocycles. The minimum absolute atomic E-state index is 0.136. The maximum Gasteiger partial charge on any atom is 0.320 e. The Kier molecular flexibility index (Phi) is 4.90. The maximum atomic E-state index is 10.7. The summed E-state index contributed by atoms with van der Waals surface area (Å²) >= 11 is 0. The van der Waals surface area contributed by atoms with Crippen LogP contribution in [-0.2, 0) is 4.79 Å². The molecular weight excluding hydrogens is 154 g/mol. The van der Waals surface area contributed by atoms with Crippen molar-refractivity contribution < 1.29 is 9.90 Å². The first kappa shape index (κ1) is 11.4. The van der Waals surface area contributed by atoms with Gasteiger partial charge < -0.3 is 10.4 Å². The number of nitrogens with one attached hydrogen (secondary N) is 1. The van der Waals surface area contributed by atoms with Crippen molar-refractivity contribution in [1.82, 2.24) is 5.32 Å². The molecule has 1 unspecified atom stereocenters. The topological polar surface area (TPSA) is 49.3 Å². The number of hydrogen-bond acceptors (Lipinski definition) is 2. The third-order valence-corrected chi connectivity index (χ3v) is 2.01. The summed E-state index contributed by atoms with van der Waals surface area (Å²) in [5.74, 6) is -0.623. The van der Waals surface area contributed by atoms with Crippen LogP contribution in [0.15, 0.2) is 0 Å². The van der Waals surface area contributed by atoms with Gasteiger partial charge in [-0.2, -0.15) is 0 Å². The average Bonchev–Trinajstić information content (AvgIpc) is 1.98. The molecule has 3 nitrogen and oxygen atoms in total. The van der Waals surface area contributed by atoms with Gasteiger partial charge in [-0.15, -0.1) is 0 Å². The van der Waals surface area contributed by atoms with Gasteiger partial charge in [0.15, 0.2) is 0 Å². The molecule has 0 aliphatic heterocycles. The molecule has 0 aliphatic rings. The maximum absolute atomic E-state index is 10.7. The van der Waals surface area contributed by atoms with Gasteiger partial charge in [0.2, 0.25) is 0 Å². The van der Waals surface area contributed by atoms with Crippen LogP contribution in [0, 0.1) is 5.92 Å². The van der Waals surface area contributed by atoms with Gasteiger partial charge in [-0.3, -0.25) is 4.79 Å². The van der Waals surface area contributed by atoms with Crippen molar-refractivity contribution in [3.05, 3.63) is 0 Å². The zero-order chi connectivity index (χ0) is 9.72. The first-order valence-electron chi connectivity index (χ1n) is 4.47. The van der Waals surface area contributed by atoms with Gasteiger partial charge in [-0.05, 0) is 19.3 Å². The second-order valence-corrected chi connectivity index (χ2v) is 3.54. The summed E-state index contributed by atoms with van der Waals surface area (Å²) in [4.78, 5) is 10.7. The highest BCUT2D eigenvalue weighted by Gasteiger charge is 2.21. The second kappa shape index (κ2) is 5.14. The molecule has 0 rings (SSSR count). The highest BCUT2D eigenvalue weighted by molar-refractivity contribution is 5.73. The highest BCUT2D eigenvalue weighted by atomic mass is 16.4. The summed E-state index contributed by atoms with van der Waals surface area (Å²) in [5.41, 5.74) is 0. The van der Waals surface area contributed by atoms with Crippen molar-refractivity contribution in [2.45, 2.75) is 46.2 Å². The number of rotatable bonds is 5. The van der Waals surface area contributed by atoms with E-state index < -0.39 is 12.0 Å². The van der Waals surface area contributed by atoms with E-state index in [2.05, 4.69) is 5.32 Å². The van der Waals surface area contributed by atoms with Crippen LogP contribution in [0.25, 0.3) is 0 Å². The Morgan fingerprint density at radius 1 is 1.42 bits per heavy atom. The Morgan fingerprint density at radius 3 is 2.17 bits per heavy atom. The van der Waals surface area contributed by atoms with Crippen LogP contribution in [0.1, 0.15) is 34.1 Å². The van der Waals surface area contributed by atoms with E-state index in [1.54, 1.807) is 0 Å². The van der Waals surface area contributed by atoms with Crippen LogP contribution in [0.2, 0.25) is 0 Å². The van der Waals surface area contributed by atoms with Crippen LogP contribution in [0.5, 0.6) is 0 Å². The smallest absolute Gasteiger partial charge is 0.320 e. The van der Waals surface area contributed by atoms with Gasteiger partial charge >= 0.3 is 5.97 Å². The SMILES string of the molecule is CCC(C)N[C@H](C(=O)O)C(C)C. The molecule has 0 saturated carbocycles. The molecule has 0 fully saturated rings. The normalized spacial score (nSPS) is 16.1. The largest absolute Gasteiger partial charge is 0.480 e. The predicted molar refractivity (Wildman–Crippen MR) is 49.2 cm³/mol. The van der Waals surface area contributed by atoms with E-state index in [0.717, 1.165) is 6.42 Å². The highest BCUT2D eigenvalue weighted by Crippen LogP contribution is 2.03. The number of carboxylic acids is 1. The lowest BCUT2D eigenvalue weighted by Crippen LogP contribution is -2.45. The molecule has 0 aliphatic carbocycles. The number of carbonyl (C=O) groups is 1. The molecule has 0 spiro atoms. The molecule has 2 atom stereocenters. The number of aliphatic carboxylic acids is 1. The van der Waals surface area contributed by atoms with Gasteiger partial charge in [-0.1, -0.05) is 20.8 Å². The summed E-state index contributed by atoms with van der Waals surface area (Å²) in [6, 6.07) is -0.145. The van der Waals surface area contributed by atoms with Crippen LogP contribution < -0.4 is 5.32 Å². The van der Waals surface area contributed by atoms with Crippen molar-refractivity contribution in [2.24, 2.45) is 5.92 Å². The fourth-order valence-electron chi connectivity index (χ4n) is 0.973. The van der Waals surface area contributed by atoms with Crippen LogP contribution >= 0.6 is 0 Å². The minimum atomic E-state index is -0.759. The van der Waals surface area contributed by atoms with Crippen molar-refractivity contribution in [2.75, 3.05) is 0 Å². The molecule has 0 aromatic heterocycles. The molecule has 0 radical (unpaired) electrons. The van der Waals surface area contributed by atoms with Gasteiger partial charge in [0.05, 0.1) is 0 Å². The summed E-state index contributed by atoms with van der Waals surface area (Å²) in [7, 11) is 0. The van der Waals surface area contributed by atoms with Crippen molar-refractivity contribution >= 4 is 5.97 Å². The lowest BCUT2D eigenvalue weighted by molar-refractivity contribution is -0.140. The lowest BCUT2D eigenvalue weighted by Gasteiger charge is -2.21. The van der Waals surface area contributed by atoms with E-state index in [-0.39, 0.29) is 12.0 Å². The Balaban J connectivity index is 4.05. The quantitative estimate of drug-likeness (QED) is 0.662. The molecular formula is C9H19NO2. The minimum Gasteiger partial charge on any atom is -0.480 e. The van der Waals surface area contributed by atoms with Gasteiger partial charge in [0, 0.05) is 6.04 Å². The molecule has 0 aromatic carbocycles. The van der Waals surface area contributed by atoms with E-state index >= 15 is 0 Å². The number of hydrogen-bond donors (Lipinski definition) is 2. The second-order valence-electron chi connectivity index (χ2n) is 3.54. The third-order valence-electron chi connectivity index (χ3n) is 2.01. The monoisotopic (exact) mass is 173 g/mol. The van der Waals surface area contributed by atoms with E-state index in [4.69, 9.17) is 5.11 Å². The van der Waals surface area contributed by atoms with Crippen molar-refractivity contribution in [1.29, 1.82) is 0 Å². The number of carboxylic acid groups (broad SMARTS) is 1. The Morgan fingerprint density at radius 2 is 1.92 bits per heavy atom. The van der Waals surface area contributed by atoms with E-state index in [1.807, 2.05) is 27.7 Å². The third kappa shape index (κ3) is 3.72. The standard InChI is InChI=1S/C9H19NO2/c1-5-7(4)10-8(6(2)3)9(11)12/h6-8,10H,5H2,1-4H3,(H,11,12)/t7?,8-/m0/s1. The van der Waals surface area contributed by atoms with Gasteiger partial charge in [-0.25, -0.2) is 0 Å². The molecule has 3 heteroatoms. The first-order chi connectivity index (χ1) is 5.49. The summed E-state index contributed by atoms with van der Waals surface area (Å²) in [6.07, 6.45) is 0.955. The summed E-state index contributed by atoms with van der Waals surface area (Å²) < 4.78 is 0. The molecule has 0 aromatic rings. The van der Waals surface area contributed by atoms with Gasteiger partial charge in [0.25, 0.3) is 0 Å². The van der Waals surface area contributed by atoms with E-state index in [0.29, 0.717) is 0 Å². The molecule has 0 heterocycles. The molecule has 12 heavy (non-hydrogen) atoms. The lowest BCUT2D eigenvalue weighted by atomic mass is 10.0. The van der Waals surface area contributed by atoms with Crippen LogP contribution in [-0.4, -0.2) is 23.2 Å². The zero-order valence-electron chi connectivity index (χ0n) is 8.29. The molecule has 72 valence electrons. The Labute approximate surface area is 74.2 Å². The predicted octanol–water partition coefficient (Wildman–Crippen LogP) is 1.48. The zero-order valence-corrected chi connectivity index (χ0v) is 8.29. The molecule has 0 bridgehead atoms. The summed E-state index contributed by atoms with van der Waals surface area (Å²) in [6.45, 7) is 7.86. The van der Waals surface area contributed by atoms with Crippen molar-refractivity contribution in [3.8, 4) is 0 Å². The fourth-order valence-corrected chi connectivity index (χ4v) is 0.973. The first-order valence-corrected chi connectivity index (χ1v) is 4.47. The van der Waals surface area contributed by atoms with Gasteiger partial charge in [0.1, 0.15) is 6.04 Å². The summed E-state index contributed by atoms with van der Waals surface area (Å²) in [5, 5.41) is 11.9. The fraction of sp³-hybridized carbons (Fsp3) is 0.889. The molecule has 0 amide bonds. The van der Waals surface area contributed by atoms with Crippen LogP contribution in [0.3, 0.4) is 0 Å². The Bertz CT molecular complexity index is 145. The average molecular weight is 173 g/mol. The van der Waals surface area contributed by atoms with Crippen LogP contribution in [0.4, 0.5) is 0 Å². The van der Waals surface area contributed by atoms with E-state index in [9.17, 15) is 4.79 Å². The van der Waals surface area contributed by atoms with E-state index in [1.165, 1.54) is 0 Å². The van der Waals surface area contributed by atoms with Crippen molar-refractivity contribution in [3.63, 3.8) is 0 Å². The molecule has 2 N–H and O–H groups in total. The Hall–Kier alpha value is -0.570.